The standard InChI is InChI=1S/C22H23ClN6O2/c1-12(27-19-14(9-10-22(2,3)31)18(24)25-11-26-19)20-28-16-6-4-5-15(23)17(16)21(30)29(20)13-7-8-13/h4-6,11-13,31H,7-8H2,1-3H3,(H3,24,25,26,27)/t12-/m0/s1. The summed E-state index contributed by atoms with van der Waals surface area (Å²) in [5.41, 5.74) is 5.58. The van der Waals surface area contributed by atoms with Crippen molar-refractivity contribution in [2.24, 2.45) is 0 Å². The molecule has 0 spiro atoms. The normalized spacial score (nSPS) is 14.7. The average molecular weight is 439 g/mol. The number of halogens is 1. The molecule has 1 saturated carbocycles. The summed E-state index contributed by atoms with van der Waals surface area (Å²) in [7, 11) is 0. The number of fused-ring (bicyclic) bond motifs is 1. The van der Waals surface area contributed by atoms with Gasteiger partial charge in [-0.1, -0.05) is 29.5 Å². The second-order valence-corrected chi connectivity index (χ2v) is 8.58. The predicted octanol–water partition coefficient (Wildman–Crippen LogP) is 3.05. The summed E-state index contributed by atoms with van der Waals surface area (Å²) in [5, 5.41) is 14.0. The van der Waals surface area contributed by atoms with Crippen LogP contribution in [-0.4, -0.2) is 30.2 Å². The fourth-order valence-corrected chi connectivity index (χ4v) is 3.58. The van der Waals surface area contributed by atoms with Crippen LogP contribution in [0.1, 0.15) is 57.1 Å². The van der Waals surface area contributed by atoms with Crippen LogP contribution < -0.4 is 16.6 Å². The van der Waals surface area contributed by atoms with Crippen LogP contribution in [0.25, 0.3) is 10.9 Å². The van der Waals surface area contributed by atoms with Crippen molar-refractivity contribution in [2.45, 2.75) is 51.3 Å². The maximum absolute atomic E-state index is 13.3. The fourth-order valence-electron chi connectivity index (χ4n) is 3.33. The van der Waals surface area contributed by atoms with Gasteiger partial charge in [0.15, 0.2) is 0 Å². The van der Waals surface area contributed by atoms with E-state index in [0.717, 1.165) is 12.8 Å². The van der Waals surface area contributed by atoms with Crippen LogP contribution in [0, 0.1) is 11.8 Å². The van der Waals surface area contributed by atoms with E-state index in [-0.39, 0.29) is 23.5 Å². The molecule has 31 heavy (non-hydrogen) atoms. The molecule has 3 aromatic rings. The molecule has 8 nitrogen and oxygen atoms in total. The summed E-state index contributed by atoms with van der Waals surface area (Å²) in [6.07, 6.45) is 3.17. The Morgan fingerprint density at radius 3 is 2.77 bits per heavy atom. The predicted molar refractivity (Wildman–Crippen MR) is 121 cm³/mol. The van der Waals surface area contributed by atoms with Crippen LogP contribution in [0.3, 0.4) is 0 Å². The maximum Gasteiger partial charge on any atom is 0.263 e. The molecule has 4 rings (SSSR count). The lowest BCUT2D eigenvalue weighted by atomic mass is 10.1. The number of benzene rings is 1. The molecule has 9 heteroatoms. The van der Waals surface area contributed by atoms with E-state index in [1.54, 1.807) is 36.6 Å². The summed E-state index contributed by atoms with van der Waals surface area (Å²) in [5.74, 6) is 6.77. The third kappa shape index (κ3) is 4.33. The molecule has 160 valence electrons. The Balaban J connectivity index is 1.79. The van der Waals surface area contributed by atoms with Crippen LogP contribution in [-0.2, 0) is 0 Å². The second-order valence-electron chi connectivity index (χ2n) is 8.17. The minimum Gasteiger partial charge on any atom is -0.382 e. The highest BCUT2D eigenvalue weighted by molar-refractivity contribution is 6.35. The Morgan fingerprint density at radius 2 is 2.10 bits per heavy atom. The highest BCUT2D eigenvalue weighted by atomic mass is 35.5. The molecule has 1 fully saturated rings. The zero-order chi connectivity index (χ0) is 22.3. The number of rotatable bonds is 4. The summed E-state index contributed by atoms with van der Waals surface area (Å²) in [6, 6.07) is 4.97. The largest absolute Gasteiger partial charge is 0.382 e. The van der Waals surface area contributed by atoms with E-state index in [1.807, 2.05) is 6.92 Å². The van der Waals surface area contributed by atoms with Crippen molar-refractivity contribution in [3.05, 3.63) is 51.3 Å². The highest BCUT2D eigenvalue weighted by Gasteiger charge is 2.30. The minimum atomic E-state index is -1.20. The Bertz CT molecular complexity index is 1280. The zero-order valence-corrected chi connectivity index (χ0v) is 18.2. The fraction of sp³-hybridized carbons (Fsp3) is 0.364. The molecule has 0 aliphatic heterocycles. The molecular weight excluding hydrogens is 416 g/mol. The van der Waals surface area contributed by atoms with Gasteiger partial charge in [-0.15, -0.1) is 0 Å². The number of aromatic nitrogens is 4. The van der Waals surface area contributed by atoms with Crippen molar-refractivity contribution in [3.8, 4) is 11.8 Å². The van der Waals surface area contributed by atoms with Crippen molar-refractivity contribution in [1.29, 1.82) is 0 Å². The Labute approximate surface area is 184 Å². The summed E-state index contributed by atoms with van der Waals surface area (Å²) in [6.45, 7) is 5.05. The van der Waals surface area contributed by atoms with Crippen LogP contribution in [0.15, 0.2) is 29.3 Å². The number of anilines is 2. The van der Waals surface area contributed by atoms with Gasteiger partial charge in [0.25, 0.3) is 5.56 Å². The Kier molecular flexibility index (Phi) is 5.33. The molecule has 1 aliphatic rings. The number of nitrogens with two attached hydrogens (primary N) is 1. The monoisotopic (exact) mass is 438 g/mol. The Hall–Kier alpha value is -3.15. The molecule has 0 unspecified atom stereocenters. The zero-order valence-electron chi connectivity index (χ0n) is 17.5. The van der Waals surface area contributed by atoms with E-state index in [2.05, 4.69) is 27.1 Å². The van der Waals surface area contributed by atoms with Crippen molar-refractivity contribution in [2.75, 3.05) is 11.1 Å². The molecule has 0 radical (unpaired) electrons. The second kappa shape index (κ2) is 7.84. The molecule has 2 aromatic heterocycles. The molecule has 1 atom stereocenters. The summed E-state index contributed by atoms with van der Waals surface area (Å²) >= 11 is 6.30. The first kappa shape index (κ1) is 21.1. The van der Waals surface area contributed by atoms with Gasteiger partial charge in [0.2, 0.25) is 0 Å². The van der Waals surface area contributed by atoms with Gasteiger partial charge in [-0.25, -0.2) is 15.0 Å². The van der Waals surface area contributed by atoms with E-state index in [0.29, 0.717) is 33.1 Å². The third-order valence-corrected chi connectivity index (χ3v) is 5.24. The lowest BCUT2D eigenvalue weighted by Gasteiger charge is -2.20. The molecule has 0 bridgehead atoms. The van der Waals surface area contributed by atoms with Gasteiger partial charge in [0, 0.05) is 6.04 Å². The first-order valence-corrected chi connectivity index (χ1v) is 10.4. The van der Waals surface area contributed by atoms with Crippen LogP contribution in [0.5, 0.6) is 0 Å². The van der Waals surface area contributed by atoms with Crippen molar-refractivity contribution in [1.82, 2.24) is 19.5 Å². The van der Waals surface area contributed by atoms with E-state index < -0.39 is 5.60 Å². The van der Waals surface area contributed by atoms with Crippen LogP contribution in [0.4, 0.5) is 11.6 Å². The van der Waals surface area contributed by atoms with E-state index in [9.17, 15) is 9.90 Å². The number of nitrogen functional groups attached to an aromatic ring is 1. The number of nitrogens with zero attached hydrogens (tertiary/aromatic N) is 4. The molecule has 1 aliphatic carbocycles. The van der Waals surface area contributed by atoms with E-state index >= 15 is 0 Å². The van der Waals surface area contributed by atoms with Gasteiger partial charge in [-0.05, 0) is 45.7 Å². The molecular formula is C22H23ClN6O2. The van der Waals surface area contributed by atoms with Crippen molar-refractivity contribution >= 4 is 34.1 Å². The van der Waals surface area contributed by atoms with Gasteiger partial charge in [0.05, 0.1) is 22.0 Å². The van der Waals surface area contributed by atoms with Crippen molar-refractivity contribution < 1.29 is 5.11 Å². The maximum atomic E-state index is 13.3. The topological polar surface area (TPSA) is 119 Å². The lowest BCUT2D eigenvalue weighted by Crippen LogP contribution is -2.28. The number of hydrogen-bond donors (Lipinski definition) is 3. The first-order valence-electron chi connectivity index (χ1n) is 9.99. The summed E-state index contributed by atoms with van der Waals surface area (Å²) < 4.78 is 1.72. The number of aliphatic hydroxyl groups is 1. The smallest absolute Gasteiger partial charge is 0.263 e. The van der Waals surface area contributed by atoms with Gasteiger partial charge in [-0.2, -0.15) is 0 Å². The highest BCUT2D eigenvalue weighted by Crippen LogP contribution is 2.37. The minimum absolute atomic E-state index is 0.102. The van der Waals surface area contributed by atoms with Gasteiger partial charge < -0.3 is 16.2 Å². The first-order chi connectivity index (χ1) is 14.7. The van der Waals surface area contributed by atoms with Crippen LogP contribution in [0.2, 0.25) is 5.02 Å². The SMILES string of the molecule is C[C@H](Nc1ncnc(N)c1C#CC(C)(C)O)c1nc2cccc(Cl)c2c(=O)n1C1CC1. The van der Waals surface area contributed by atoms with E-state index in [4.69, 9.17) is 22.3 Å². The Morgan fingerprint density at radius 1 is 1.35 bits per heavy atom. The molecule has 2 heterocycles. The molecule has 0 saturated heterocycles. The molecule has 4 N–H and O–H groups in total. The lowest BCUT2D eigenvalue weighted by molar-refractivity contribution is 0.143. The number of nitrogens with one attached hydrogen (secondary N) is 1. The average Bonchev–Trinajstić information content (AvgIpc) is 3.51. The quantitative estimate of drug-likeness (QED) is 0.535. The molecule has 1 aromatic carbocycles. The van der Waals surface area contributed by atoms with Gasteiger partial charge >= 0.3 is 0 Å². The van der Waals surface area contributed by atoms with Crippen LogP contribution >= 0.6 is 11.6 Å². The molecule has 0 amide bonds. The van der Waals surface area contributed by atoms with E-state index in [1.165, 1.54) is 6.33 Å². The third-order valence-electron chi connectivity index (χ3n) is 4.93. The van der Waals surface area contributed by atoms with Crippen molar-refractivity contribution in [3.63, 3.8) is 0 Å². The van der Waals surface area contributed by atoms with Gasteiger partial charge in [0.1, 0.15) is 35.0 Å². The van der Waals surface area contributed by atoms with Gasteiger partial charge in [-0.3, -0.25) is 9.36 Å². The number of hydrogen-bond acceptors (Lipinski definition) is 7. The summed E-state index contributed by atoms with van der Waals surface area (Å²) in [4.78, 5) is 26.3.